The van der Waals surface area contributed by atoms with Crippen LogP contribution in [0.2, 0.25) is 0 Å². The highest BCUT2D eigenvalue weighted by Crippen LogP contribution is 2.34. The lowest BCUT2D eigenvalue weighted by atomic mass is 9.81. The predicted octanol–water partition coefficient (Wildman–Crippen LogP) is 2.52. The van der Waals surface area contributed by atoms with Gasteiger partial charge in [-0.05, 0) is 32.4 Å². The van der Waals surface area contributed by atoms with Gasteiger partial charge in [0.1, 0.15) is 5.82 Å². The van der Waals surface area contributed by atoms with Crippen LogP contribution in [0.25, 0.3) is 0 Å². The van der Waals surface area contributed by atoms with Gasteiger partial charge >= 0.3 is 0 Å². The molecule has 1 aromatic rings. The molecule has 0 aliphatic carbocycles. The summed E-state index contributed by atoms with van der Waals surface area (Å²) in [5.74, 6) is -0.241. The standard InChI is InChI=1S/C14H21FN2O/c1-13(2)9-14(10-16,7-8-18-13)17-12-6-4-3-5-11(12)15/h3-6,17H,7-10,16H2,1-2H3. The average molecular weight is 252 g/mol. The van der Waals surface area contributed by atoms with Crippen LogP contribution in [-0.4, -0.2) is 24.3 Å². The third kappa shape index (κ3) is 2.82. The van der Waals surface area contributed by atoms with Crippen LogP contribution >= 0.6 is 0 Å². The number of hydrogen-bond donors (Lipinski definition) is 2. The zero-order valence-corrected chi connectivity index (χ0v) is 11.0. The number of nitrogens with two attached hydrogens (primary N) is 1. The summed E-state index contributed by atoms with van der Waals surface area (Å²) in [7, 11) is 0. The first-order valence-electron chi connectivity index (χ1n) is 6.33. The lowest BCUT2D eigenvalue weighted by Gasteiger charge is -2.45. The molecule has 18 heavy (non-hydrogen) atoms. The van der Waals surface area contributed by atoms with Gasteiger partial charge in [-0.1, -0.05) is 12.1 Å². The van der Waals surface area contributed by atoms with Gasteiger partial charge in [0.05, 0.1) is 16.8 Å². The number of rotatable bonds is 3. The Balaban J connectivity index is 2.21. The van der Waals surface area contributed by atoms with Crippen LogP contribution < -0.4 is 11.1 Å². The number of anilines is 1. The lowest BCUT2D eigenvalue weighted by molar-refractivity contribution is -0.0737. The Bertz CT molecular complexity index is 422. The van der Waals surface area contributed by atoms with Crippen molar-refractivity contribution in [1.29, 1.82) is 0 Å². The molecule has 0 saturated carbocycles. The Labute approximate surface area is 108 Å². The van der Waals surface area contributed by atoms with Crippen molar-refractivity contribution in [3.63, 3.8) is 0 Å². The quantitative estimate of drug-likeness (QED) is 0.869. The number of benzene rings is 1. The minimum atomic E-state index is -0.288. The molecule has 0 aromatic heterocycles. The maximum atomic E-state index is 13.7. The summed E-state index contributed by atoms with van der Waals surface area (Å²) in [6.07, 6.45) is 1.56. The fourth-order valence-corrected chi connectivity index (χ4v) is 2.66. The maximum absolute atomic E-state index is 13.7. The number of ether oxygens (including phenoxy) is 1. The second-order valence-electron chi connectivity index (χ2n) is 5.62. The van der Waals surface area contributed by atoms with Crippen molar-refractivity contribution in [3.05, 3.63) is 30.1 Å². The minimum Gasteiger partial charge on any atom is -0.376 e. The van der Waals surface area contributed by atoms with E-state index < -0.39 is 0 Å². The molecule has 0 amide bonds. The molecule has 3 nitrogen and oxygen atoms in total. The van der Waals surface area contributed by atoms with E-state index in [4.69, 9.17) is 10.5 Å². The first-order valence-corrected chi connectivity index (χ1v) is 6.33. The van der Waals surface area contributed by atoms with E-state index in [0.717, 1.165) is 12.8 Å². The molecular weight excluding hydrogens is 231 g/mol. The van der Waals surface area contributed by atoms with Crippen LogP contribution in [0, 0.1) is 5.82 Å². The highest BCUT2D eigenvalue weighted by atomic mass is 19.1. The Morgan fingerprint density at radius 1 is 1.39 bits per heavy atom. The molecular formula is C14H21FN2O. The minimum absolute atomic E-state index is 0.226. The van der Waals surface area contributed by atoms with Crippen LogP contribution in [0.3, 0.4) is 0 Å². The molecule has 2 rings (SSSR count). The monoisotopic (exact) mass is 252 g/mol. The average Bonchev–Trinajstić information content (AvgIpc) is 2.31. The van der Waals surface area contributed by atoms with Crippen molar-refractivity contribution in [1.82, 2.24) is 0 Å². The first-order chi connectivity index (χ1) is 8.46. The van der Waals surface area contributed by atoms with Crippen molar-refractivity contribution in [2.75, 3.05) is 18.5 Å². The molecule has 1 fully saturated rings. The van der Waals surface area contributed by atoms with Crippen molar-refractivity contribution < 1.29 is 9.13 Å². The van der Waals surface area contributed by atoms with Crippen LogP contribution in [-0.2, 0) is 4.74 Å². The molecule has 1 aliphatic heterocycles. The van der Waals surface area contributed by atoms with Gasteiger partial charge in [-0.25, -0.2) is 4.39 Å². The van der Waals surface area contributed by atoms with E-state index in [1.165, 1.54) is 6.07 Å². The Morgan fingerprint density at radius 2 is 2.11 bits per heavy atom. The number of nitrogens with one attached hydrogen (secondary N) is 1. The van der Waals surface area contributed by atoms with E-state index in [1.54, 1.807) is 12.1 Å². The molecule has 0 radical (unpaired) electrons. The van der Waals surface area contributed by atoms with Gasteiger partial charge < -0.3 is 15.8 Å². The van der Waals surface area contributed by atoms with Crippen molar-refractivity contribution in [3.8, 4) is 0 Å². The van der Waals surface area contributed by atoms with Gasteiger partial charge in [0.2, 0.25) is 0 Å². The van der Waals surface area contributed by atoms with Crippen LogP contribution in [0.4, 0.5) is 10.1 Å². The summed E-state index contributed by atoms with van der Waals surface area (Å²) < 4.78 is 19.4. The topological polar surface area (TPSA) is 47.3 Å². The zero-order valence-electron chi connectivity index (χ0n) is 11.0. The van der Waals surface area contributed by atoms with Crippen molar-refractivity contribution in [2.45, 2.75) is 37.8 Å². The molecule has 0 spiro atoms. The van der Waals surface area contributed by atoms with Crippen molar-refractivity contribution >= 4 is 5.69 Å². The fourth-order valence-electron chi connectivity index (χ4n) is 2.66. The maximum Gasteiger partial charge on any atom is 0.146 e. The summed E-state index contributed by atoms with van der Waals surface area (Å²) in [6, 6.07) is 6.70. The van der Waals surface area contributed by atoms with Gasteiger partial charge in [-0.3, -0.25) is 0 Å². The van der Waals surface area contributed by atoms with E-state index in [0.29, 0.717) is 18.8 Å². The van der Waals surface area contributed by atoms with E-state index in [1.807, 2.05) is 19.9 Å². The molecule has 100 valence electrons. The van der Waals surface area contributed by atoms with Crippen LogP contribution in [0.5, 0.6) is 0 Å². The molecule has 1 unspecified atom stereocenters. The van der Waals surface area contributed by atoms with Crippen LogP contribution in [0.15, 0.2) is 24.3 Å². The third-order valence-corrected chi connectivity index (χ3v) is 3.50. The Hall–Kier alpha value is -1.13. The summed E-state index contributed by atoms with van der Waals surface area (Å²) in [4.78, 5) is 0. The van der Waals surface area contributed by atoms with Crippen molar-refractivity contribution in [2.24, 2.45) is 5.73 Å². The zero-order chi connectivity index (χ0) is 13.2. The van der Waals surface area contributed by atoms with Gasteiger partial charge in [-0.2, -0.15) is 0 Å². The lowest BCUT2D eigenvalue weighted by Crippen LogP contribution is -2.55. The van der Waals surface area contributed by atoms with Gasteiger partial charge in [-0.15, -0.1) is 0 Å². The van der Waals surface area contributed by atoms with E-state index >= 15 is 0 Å². The van der Waals surface area contributed by atoms with Gasteiger partial charge in [0, 0.05) is 19.6 Å². The summed E-state index contributed by atoms with van der Waals surface area (Å²) in [5, 5.41) is 3.29. The molecule has 1 saturated heterocycles. The number of halogens is 1. The highest BCUT2D eigenvalue weighted by Gasteiger charge is 2.40. The Kier molecular flexibility index (Phi) is 3.59. The molecule has 1 atom stereocenters. The molecule has 4 heteroatoms. The third-order valence-electron chi connectivity index (χ3n) is 3.50. The summed E-state index contributed by atoms with van der Waals surface area (Å²) in [5.41, 5.74) is 5.92. The molecule has 0 bridgehead atoms. The molecule has 3 N–H and O–H groups in total. The Morgan fingerprint density at radius 3 is 2.72 bits per heavy atom. The highest BCUT2D eigenvalue weighted by molar-refractivity contribution is 5.47. The smallest absolute Gasteiger partial charge is 0.146 e. The second-order valence-corrected chi connectivity index (χ2v) is 5.62. The van der Waals surface area contributed by atoms with E-state index in [-0.39, 0.29) is 17.0 Å². The predicted molar refractivity (Wildman–Crippen MR) is 71.1 cm³/mol. The SMILES string of the molecule is CC1(C)CC(CN)(Nc2ccccc2F)CCO1. The van der Waals surface area contributed by atoms with Gasteiger partial charge in [0.15, 0.2) is 0 Å². The normalized spacial score (nSPS) is 26.9. The first kappa shape index (κ1) is 13.3. The second kappa shape index (κ2) is 4.86. The largest absolute Gasteiger partial charge is 0.376 e. The van der Waals surface area contributed by atoms with Gasteiger partial charge in [0.25, 0.3) is 0 Å². The number of para-hydroxylation sites is 1. The fraction of sp³-hybridized carbons (Fsp3) is 0.571. The van der Waals surface area contributed by atoms with E-state index in [9.17, 15) is 4.39 Å². The van der Waals surface area contributed by atoms with Crippen LogP contribution in [0.1, 0.15) is 26.7 Å². The number of hydrogen-bond acceptors (Lipinski definition) is 3. The molecule has 1 heterocycles. The molecule has 1 aliphatic rings. The summed E-state index contributed by atoms with van der Waals surface area (Å²) in [6.45, 7) is 5.19. The van der Waals surface area contributed by atoms with E-state index in [2.05, 4.69) is 5.32 Å². The molecule has 1 aromatic carbocycles. The summed E-state index contributed by atoms with van der Waals surface area (Å²) >= 11 is 0.